The van der Waals surface area contributed by atoms with Crippen LogP contribution in [0, 0.1) is 12.7 Å². The van der Waals surface area contributed by atoms with E-state index in [1.165, 1.54) is 35.2 Å². The fraction of sp³-hybridized carbons (Fsp3) is 0.0800. The molecule has 8 heteroatoms. The number of carbonyl (C=O) groups excluding carboxylic acids is 2. The Balaban J connectivity index is 1.28. The Kier molecular flexibility index (Phi) is 7.16. The van der Waals surface area contributed by atoms with E-state index in [1.807, 2.05) is 54.8 Å². The van der Waals surface area contributed by atoms with Crippen LogP contribution in [-0.2, 0) is 4.79 Å². The lowest BCUT2D eigenvalue weighted by Crippen LogP contribution is -2.14. The van der Waals surface area contributed by atoms with Gasteiger partial charge in [-0.2, -0.15) is 0 Å². The number of thiazole rings is 1. The second-order valence-corrected chi connectivity index (χ2v) is 9.08. The van der Waals surface area contributed by atoms with Crippen LogP contribution in [-0.4, -0.2) is 22.6 Å². The number of hydrogen-bond acceptors (Lipinski definition) is 5. The second-order valence-electron chi connectivity index (χ2n) is 7.18. The van der Waals surface area contributed by atoms with E-state index in [2.05, 4.69) is 15.6 Å². The minimum atomic E-state index is -0.304. The highest BCUT2D eigenvalue weighted by molar-refractivity contribution is 8.00. The number of aryl methyl sites for hydroxylation is 1. The first-order valence-corrected chi connectivity index (χ1v) is 12.0. The molecule has 5 nitrogen and oxygen atoms in total. The number of nitrogens with one attached hydrogen (secondary N) is 2. The van der Waals surface area contributed by atoms with Crippen molar-refractivity contribution >= 4 is 45.7 Å². The highest BCUT2D eigenvalue weighted by Gasteiger charge is 2.10. The van der Waals surface area contributed by atoms with Crippen molar-refractivity contribution in [2.45, 2.75) is 11.8 Å². The van der Waals surface area contributed by atoms with Crippen LogP contribution in [0.4, 0.5) is 15.2 Å². The monoisotopic (exact) mass is 477 g/mol. The summed E-state index contributed by atoms with van der Waals surface area (Å²) in [4.78, 5) is 30.0. The summed E-state index contributed by atoms with van der Waals surface area (Å²) in [5.41, 5.74) is 3.71. The number of amides is 2. The molecule has 0 saturated heterocycles. The molecule has 0 radical (unpaired) electrons. The van der Waals surface area contributed by atoms with Gasteiger partial charge in [-0.1, -0.05) is 18.2 Å². The Labute approximate surface area is 199 Å². The topological polar surface area (TPSA) is 71.1 Å². The summed E-state index contributed by atoms with van der Waals surface area (Å²) < 4.78 is 13.1. The Hall–Kier alpha value is -3.49. The summed E-state index contributed by atoms with van der Waals surface area (Å²) >= 11 is 2.71. The molecule has 4 rings (SSSR count). The van der Waals surface area contributed by atoms with Gasteiger partial charge in [0.25, 0.3) is 5.91 Å². The van der Waals surface area contributed by atoms with Crippen LogP contribution in [0.1, 0.15) is 15.9 Å². The number of anilines is 2. The Morgan fingerprint density at radius 1 is 0.970 bits per heavy atom. The summed E-state index contributed by atoms with van der Waals surface area (Å²) in [5, 5.41) is 7.99. The predicted octanol–water partition coefficient (Wildman–Crippen LogP) is 6.24. The maximum Gasteiger partial charge on any atom is 0.255 e. The Bertz CT molecular complexity index is 1270. The highest BCUT2D eigenvalue weighted by atomic mass is 32.2. The normalized spacial score (nSPS) is 10.6. The molecule has 0 fully saturated rings. The zero-order chi connectivity index (χ0) is 23.2. The molecule has 33 heavy (non-hydrogen) atoms. The molecule has 0 saturated carbocycles. The van der Waals surface area contributed by atoms with Crippen LogP contribution in [0.5, 0.6) is 0 Å². The molecule has 0 spiro atoms. The van der Waals surface area contributed by atoms with Gasteiger partial charge in [0.1, 0.15) is 5.82 Å². The highest BCUT2D eigenvalue weighted by Crippen LogP contribution is 2.26. The van der Waals surface area contributed by atoms with Gasteiger partial charge in [0, 0.05) is 27.1 Å². The number of benzene rings is 3. The molecule has 0 aliphatic carbocycles. The average molecular weight is 478 g/mol. The van der Waals surface area contributed by atoms with Crippen LogP contribution in [0.3, 0.4) is 0 Å². The predicted molar refractivity (Wildman–Crippen MR) is 132 cm³/mol. The van der Waals surface area contributed by atoms with E-state index in [9.17, 15) is 14.0 Å². The molecule has 1 heterocycles. The minimum Gasteiger partial charge on any atom is -0.322 e. The first-order valence-electron chi connectivity index (χ1n) is 10.1. The molecule has 1 aromatic heterocycles. The van der Waals surface area contributed by atoms with E-state index >= 15 is 0 Å². The Morgan fingerprint density at radius 3 is 2.42 bits per heavy atom. The summed E-state index contributed by atoms with van der Waals surface area (Å²) in [6.07, 6.45) is 0. The molecule has 0 aliphatic rings. The van der Waals surface area contributed by atoms with Gasteiger partial charge in [0.05, 0.1) is 11.4 Å². The largest absolute Gasteiger partial charge is 0.322 e. The number of halogens is 1. The third kappa shape index (κ3) is 6.06. The summed E-state index contributed by atoms with van der Waals surface area (Å²) in [6, 6.07) is 20.8. The van der Waals surface area contributed by atoms with Crippen LogP contribution in [0.2, 0.25) is 0 Å². The zero-order valence-electron chi connectivity index (χ0n) is 17.7. The van der Waals surface area contributed by atoms with Crippen molar-refractivity contribution in [3.05, 3.63) is 95.1 Å². The molecule has 0 aliphatic heterocycles. The van der Waals surface area contributed by atoms with E-state index in [0.29, 0.717) is 22.1 Å². The van der Waals surface area contributed by atoms with Gasteiger partial charge in [-0.15, -0.1) is 23.1 Å². The van der Waals surface area contributed by atoms with Crippen molar-refractivity contribution in [1.29, 1.82) is 0 Å². The molecule has 3 aromatic carbocycles. The molecular formula is C25H20FN3O2S2. The van der Waals surface area contributed by atoms with E-state index in [-0.39, 0.29) is 23.4 Å². The minimum absolute atomic E-state index is 0.156. The first kappa shape index (κ1) is 22.7. The molecule has 4 aromatic rings. The quantitative estimate of drug-likeness (QED) is 0.309. The number of nitrogens with zero attached hydrogens (tertiary/aromatic N) is 1. The van der Waals surface area contributed by atoms with Crippen LogP contribution < -0.4 is 10.6 Å². The summed E-state index contributed by atoms with van der Waals surface area (Å²) in [5.74, 6) is -0.407. The number of thioether (sulfide) groups is 1. The van der Waals surface area contributed by atoms with Gasteiger partial charge in [-0.25, -0.2) is 9.37 Å². The van der Waals surface area contributed by atoms with Gasteiger partial charge in [0.15, 0.2) is 5.13 Å². The average Bonchev–Trinajstić information content (AvgIpc) is 3.27. The molecule has 0 unspecified atom stereocenters. The van der Waals surface area contributed by atoms with Crippen molar-refractivity contribution < 1.29 is 14.0 Å². The third-order valence-corrected chi connectivity index (χ3v) is 6.53. The summed E-state index contributed by atoms with van der Waals surface area (Å²) in [7, 11) is 0. The van der Waals surface area contributed by atoms with Crippen molar-refractivity contribution in [2.75, 3.05) is 16.4 Å². The van der Waals surface area contributed by atoms with Gasteiger partial charge in [0.2, 0.25) is 5.91 Å². The van der Waals surface area contributed by atoms with Crippen molar-refractivity contribution in [3.63, 3.8) is 0 Å². The molecule has 166 valence electrons. The van der Waals surface area contributed by atoms with Crippen molar-refractivity contribution in [1.82, 2.24) is 4.98 Å². The number of hydrogen-bond donors (Lipinski definition) is 2. The van der Waals surface area contributed by atoms with Crippen LogP contribution >= 0.6 is 23.1 Å². The van der Waals surface area contributed by atoms with Gasteiger partial charge >= 0.3 is 0 Å². The lowest BCUT2D eigenvalue weighted by Gasteiger charge is -2.08. The molecule has 0 bridgehead atoms. The molecule has 2 N–H and O–H groups in total. The fourth-order valence-corrected chi connectivity index (χ4v) is 4.48. The number of aromatic nitrogens is 1. The van der Waals surface area contributed by atoms with E-state index < -0.39 is 0 Å². The number of rotatable bonds is 7. The third-order valence-electron chi connectivity index (χ3n) is 4.76. The van der Waals surface area contributed by atoms with Crippen LogP contribution in [0.25, 0.3) is 11.3 Å². The lowest BCUT2D eigenvalue weighted by atomic mass is 10.1. The standard InChI is InChI=1S/C25H20FN3O2S2/c1-16-4-2-3-5-21(16)24(31)27-19-10-12-20(13-11-19)32-15-23(30)29-25-28-22(14-33-25)17-6-8-18(26)9-7-17/h2-14H,15H2,1H3,(H,27,31)(H,28,29,30). The smallest absolute Gasteiger partial charge is 0.255 e. The number of carbonyl (C=O) groups is 2. The SMILES string of the molecule is Cc1ccccc1C(=O)Nc1ccc(SCC(=O)Nc2nc(-c3ccc(F)cc3)cs2)cc1. The molecule has 0 atom stereocenters. The zero-order valence-corrected chi connectivity index (χ0v) is 19.3. The fourth-order valence-electron chi connectivity index (χ4n) is 3.05. The van der Waals surface area contributed by atoms with E-state index in [4.69, 9.17) is 0 Å². The van der Waals surface area contributed by atoms with E-state index in [0.717, 1.165) is 16.0 Å². The molecule has 2 amide bonds. The van der Waals surface area contributed by atoms with Crippen LogP contribution in [0.15, 0.2) is 83.1 Å². The summed E-state index contributed by atoms with van der Waals surface area (Å²) in [6.45, 7) is 1.90. The van der Waals surface area contributed by atoms with E-state index in [1.54, 1.807) is 18.2 Å². The van der Waals surface area contributed by atoms with Crippen molar-refractivity contribution in [2.24, 2.45) is 0 Å². The first-order chi connectivity index (χ1) is 16.0. The second kappa shape index (κ2) is 10.4. The van der Waals surface area contributed by atoms with Gasteiger partial charge < -0.3 is 10.6 Å². The maximum atomic E-state index is 13.1. The maximum absolute atomic E-state index is 13.1. The lowest BCUT2D eigenvalue weighted by molar-refractivity contribution is -0.113. The van der Waals surface area contributed by atoms with Crippen molar-refractivity contribution in [3.8, 4) is 11.3 Å². The Morgan fingerprint density at radius 2 is 1.70 bits per heavy atom. The molecular weight excluding hydrogens is 457 g/mol. The van der Waals surface area contributed by atoms with Gasteiger partial charge in [-0.3, -0.25) is 9.59 Å². The van der Waals surface area contributed by atoms with Gasteiger partial charge in [-0.05, 0) is 67.1 Å².